The van der Waals surface area contributed by atoms with Crippen LogP contribution >= 0.6 is 0 Å². The van der Waals surface area contributed by atoms with Gasteiger partial charge in [-0.3, -0.25) is 14.6 Å². The van der Waals surface area contributed by atoms with Crippen LogP contribution in [0.25, 0.3) is 0 Å². The Morgan fingerprint density at radius 3 is 2.65 bits per heavy atom. The van der Waals surface area contributed by atoms with Crippen molar-refractivity contribution in [1.82, 2.24) is 20.2 Å². The summed E-state index contributed by atoms with van der Waals surface area (Å²) in [6, 6.07) is 9.97. The van der Waals surface area contributed by atoms with E-state index >= 15 is 0 Å². The van der Waals surface area contributed by atoms with Crippen LogP contribution in [0, 0.1) is 0 Å². The highest BCUT2D eigenvalue weighted by molar-refractivity contribution is 5.92. The van der Waals surface area contributed by atoms with E-state index in [4.69, 9.17) is 4.74 Å². The Morgan fingerprint density at radius 2 is 1.96 bits per heavy atom. The molecule has 0 aliphatic rings. The number of hydrogen-bond donors (Lipinski definition) is 1. The second-order valence-corrected chi connectivity index (χ2v) is 5.71. The number of carbonyl (C=O) groups is 2. The quantitative estimate of drug-likeness (QED) is 0.694. The van der Waals surface area contributed by atoms with Gasteiger partial charge in [0.05, 0.1) is 12.8 Å². The number of benzene rings is 1. The number of aromatic nitrogens is 2. The Hall–Kier alpha value is -2.80. The summed E-state index contributed by atoms with van der Waals surface area (Å²) in [7, 11) is 1.57. The lowest BCUT2D eigenvalue weighted by Crippen LogP contribution is -2.38. The zero-order chi connectivity index (χ0) is 18.6. The van der Waals surface area contributed by atoms with Crippen molar-refractivity contribution < 1.29 is 14.3 Å². The minimum Gasteiger partial charge on any atom is -0.383 e. The summed E-state index contributed by atoms with van der Waals surface area (Å²) < 4.78 is 5.05. The van der Waals surface area contributed by atoms with Crippen LogP contribution in [0.5, 0.6) is 0 Å². The van der Waals surface area contributed by atoms with E-state index in [-0.39, 0.29) is 23.9 Å². The minimum atomic E-state index is -0.257. The average molecular weight is 356 g/mol. The molecule has 138 valence electrons. The second kappa shape index (κ2) is 10.9. The Morgan fingerprint density at radius 1 is 1.15 bits per heavy atom. The number of nitrogens with one attached hydrogen (secondary N) is 1. The smallest absolute Gasteiger partial charge is 0.274 e. The lowest BCUT2D eigenvalue weighted by Gasteiger charge is -2.21. The normalized spacial score (nSPS) is 10.3. The van der Waals surface area contributed by atoms with Gasteiger partial charge in [-0.1, -0.05) is 30.3 Å². The molecule has 0 aliphatic carbocycles. The summed E-state index contributed by atoms with van der Waals surface area (Å²) in [5.74, 6) is -0.345. The van der Waals surface area contributed by atoms with Crippen molar-refractivity contribution >= 4 is 11.8 Å². The van der Waals surface area contributed by atoms with Crippen molar-refractivity contribution in [3.8, 4) is 0 Å². The minimum absolute atomic E-state index is 0.0877. The third kappa shape index (κ3) is 6.60. The fourth-order valence-electron chi connectivity index (χ4n) is 2.40. The molecule has 0 spiro atoms. The van der Waals surface area contributed by atoms with Crippen molar-refractivity contribution in [1.29, 1.82) is 0 Å². The van der Waals surface area contributed by atoms with Gasteiger partial charge >= 0.3 is 0 Å². The van der Waals surface area contributed by atoms with Crippen molar-refractivity contribution in [3.63, 3.8) is 0 Å². The number of rotatable bonds is 10. The van der Waals surface area contributed by atoms with Gasteiger partial charge in [0.25, 0.3) is 5.91 Å². The summed E-state index contributed by atoms with van der Waals surface area (Å²) in [6.45, 7) is 1.65. The number of hydrogen-bond acceptors (Lipinski definition) is 5. The molecule has 2 rings (SSSR count). The van der Waals surface area contributed by atoms with Crippen molar-refractivity contribution in [2.45, 2.75) is 12.8 Å². The molecular weight excluding hydrogens is 332 g/mol. The van der Waals surface area contributed by atoms with Crippen LogP contribution in [0.3, 0.4) is 0 Å². The lowest BCUT2D eigenvalue weighted by atomic mass is 10.1. The van der Waals surface area contributed by atoms with E-state index in [0.717, 1.165) is 6.42 Å². The monoisotopic (exact) mass is 356 g/mol. The standard InChI is InChI=1S/C19H24N4O3/c1-26-14-13-23(19(25)17-15-20-10-11-21-17)12-8-18(24)22-9-7-16-5-3-2-4-6-16/h2-6,10-11,15H,7-9,12-14H2,1H3,(H,22,24). The largest absolute Gasteiger partial charge is 0.383 e. The maximum Gasteiger partial charge on any atom is 0.274 e. The van der Waals surface area contributed by atoms with Gasteiger partial charge in [0, 0.05) is 45.6 Å². The van der Waals surface area contributed by atoms with E-state index in [0.29, 0.717) is 26.2 Å². The molecule has 2 aromatic rings. The average Bonchev–Trinajstić information content (AvgIpc) is 2.69. The van der Waals surface area contributed by atoms with E-state index in [1.807, 2.05) is 30.3 Å². The van der Waals surface area contributed by atoms with E-state index in [9.17, 15) is 9.59 Å². The molecule has 1 heterocycles. The molecule has 1 N–H and O–H groups in total. The lowest BCUT2D eigenvalue weighted by molar-refractivity contribution is -0.121. The molecule has 2 amide bonds. The predicted molar refractivity (Wildman–Crippen MR) is 97.6 cm³/mol. The first-order chi connectivity index (χ1) is 12.7. The molecule has 0 fully saturated rings. The number of methoxy groups -OCH3 is 1. The fourth-order valence-corrected chi connectivity index (χ4v) is 2.40. The van der Waals surface area contributed by atoms with E-state index in [1.165, 1.54) is 24.2 Å². The second-order valence-electron chi connectivity index (χ2n) is 5.71. The molecule has 26 heavy (non-hydrogen) atoms. The van der Waals surface area contributed by atoms with E-state index < -0.39 is 0 Å². The van der Waals surface area contributed by atoms with Crippen LogP contribution in [0.2, 0.25) is 0 Å². The van der Waals surface area contributed by atoms with Crippen LogP contribution in [0.1, 0.15) is 22.5 Å². The SMILES string of the molecule is COCCN(CCC(=O)NCCc1ccccc1)C(=O)c1cnccn1. The van der Waals surface area contributed by atoms with Gasteiger partial charge in [-0.2, -0.15) is 0 Å². The summed E-state index contributed by atoms with van der Waals surface area (Å²) in [5, 5.41) is 2.89. The van der Waals surface area contributed by atoms with Gasteiger partial charge in [-0.05, 0) is 12.0 Å². The van der Waals surface area contributed by atoms with Crippen LogP contribution in [0.15, 0.2) is 48.9 Å². The van der Waals surface area contributed by atoms with E-state index in [2.05, 4.69) is 15.3 Å². The van der Waals surface area contributed by atoms with Gasteiger partial charge in [0.15, 0.2) is 0 Å². The summed E-state index contributed by atoms with van der Waals surface area (Å²) in [6.07, 6.45) is 5.40. The highest BCUT2D eigenvalue weighted by atomic mass is 16.5. The fraction of sp³-hybridized carbons (Fsp3) is 0.368. The molecule has 0 aliphatic heterocycles. The van der Waals surface area contributed by atoms with Crippen molar-refractivity contribution in [2.75, 3.05) is 33.4 Å². The van der Waals surface area contributed by atoms with E-state index in [1.54, 1.807) is 12.0 Å². The first-order valence-electron chi connectivity index (χ1n) is 8.55. The van der Waals surface area contributed by atoms with Crippen molar-refractivity contribution in [2.24, 2.45) is 0 Å². The first kappa shape index (κ1) is 19.5. The van der Waals surface area contributed by atoms with Crippen LogP contribution < -0.4 is 5.32 Å². The topological polar surface area (TPSA) is 84.4 Å². The molecule has 1 aromatic carbocycles. The zero-order valence-electron chi connectivity index (χ0n) is 14.9. The molecule has 7 heteroatoms. The molecular formula is C19H24N4O3. The van der Waals surface area contributed by atoms with Crippen molar-refractivity contribution in [3.05, 3.63) is 60.2 Å². The first-order valence-corrected chi connectivity index (χ1v) is 8.55. The molecule has 0 unspecified atom stereocenters. The predicted octanol–water partition coefficient (Wildman–Crippen LogP) is 1.31. The van der Waals surface area contributed by atoms with Gasteiger partial charge < -0.3 is 15.0 Å². The Labute approximate surface area is 153 Å². The Bertz CT molecular complexity index is 680. The molecule has 0 saturated carbocycles. The molecule has 0 atom stereocenters. The molecule has 1 aromatic heterocycles. The van der Waals surface area contributed by atoms with Crippen LogP contribution in [0.4, 0.5) is 0 Å². The van der Waals surface area contributed by atoms with Gasteiger partial charge in [0.2, 0.25) is 5.91 Å². The van der Waals surface area contributed by atoms with Gasteiger partial charge in [0.1, 0.15) is 5.69 Å². The Balaban J connectivity index is 1.80. The summed E-state index contributed by atoms with van der Waals surface area (Å²) in [4.78, 5) is 34.1. The summed E-state index contributed by atoms with van der Waals surface area (Å²) in [5.41, 5.74) is 1.43. The maximum absolute atomic E-state index is 12.5. The number of carbonyl (C=O) groups excluding carboxylic acids is 2. The number of amides is 2. The Kier molecular flexibility index (Phi) is 8.21. The van der Waals surface area contributed by atoms with Gasteiger partial charge in [-0.15, -0.1) is 0 Å². The van der Waals surface area contributed by atoms with Crippen LogP contribution in [-0.4, -0.2) is 60.0 Å². The highest BCUT2D eigenvalue weighted by Crippen LogP contribution is 2.02. The molecule has 0 bridgehead atoms. The maximum atomic E-state index is 12.5. The van der Waals surface area contributed by atoms with Gasteiger partial charge in [-0.25, -0.2) is 4.98 Å². The number of nitrogens with zero attached hydrogens (tertiary/aromatic N) is 3. The molecule has 7 nitrogen and oxygen atoms in total. The molecule has 0 radical (unpaired) electrons. The third-order valence-electron chi connectivity index (χ3n) is 3.82. The summed E-state index contributed by atoms with van der Waals surface area (Å²) >= 11 is 0. The third-order valence-corrected chi connectivity index (χ3v) is 3.82. The molecule has 0 saturated heterocycles. The highest BCUT2D eigenvalue weighted by Gasteiger charge is 2.18. The number of ether oxygens (including phenoxy) is 1. The van der Waals surface area contributed by atoms with Crippen LogP contribution in [-0.2, 0) is 16.0 Å². The zero-order valence-corrected chi connectivity index (χ0v) is 14.9.